The van der Waals surface area contributed by atoms with Gasteiger partial charge in [0.15, 0.2) is 0 Å². The lowest BCUT2D eigenvalue weighted by molar-refractivity contribution is -0.145. The number of para-hydroxylation sites is 1. The maximum Gasteiger partial charge on any atom is 0.326 e. The summed E-state index contributed by atoms with van der Waals surface area (Å²) in [5.74, 6) is -0.570. The minimum atomic E-state index is -0.570. The molecule has 0 bridgehead atoms. The Balaban J connectivity index is 1.54. The number of rotatable bonds is 4. The molecule has 0 amide bonds. The van der Waals surface area contributed by atoms with Gasteiger partial charge in [-0.1, -0.05) is 29.8 Å². The Labute approximate surface area is 151 Å². The molecule has 0 aliphatic rings. The van der Waals surface area contributed by atoms with Crippen LogP contribution in [0, 0.1) is 0 Å². The Bertz CT molecular complexity index is 1160. The third-order valence-corrected chi connectivity index (χ3v) is 4.06. The number of nitrogens with zero attached hydrogens (tertiary/aromatic N) is 3. The molecule has 7 nitrogen and oxygen atoms in total. The molecule has 0 spiro atoms. The molecule has 0 aliphatic heterocycles. The van der Waals surface area contributed by atoms with Gasteiger partial charge in [-0.2, -0.15) is 0 Å². The number of ether oxygens (including phenoxy) is 1. The number of carbonyl (C=O) groups is 1. The van der Waals surface area contributed by atoms with Crippen LogP contribution < -0.4 is 5.56 Å². The van der Waals surface area contributed by atoms with E-state index in [-0.39, 0.29) is 18.7 Å². The topological polar surface area (TPSA) is 87.2 Å². The molecule has 0 N–H and O–H groups in total. The van der Waals surface area contributed by atoms with Gasteiger partial charge in [0.1, 0.15) is 29.4 Å². The number of esters is 1. The van der Waals surface area contributed by atoms with E-state index in [1.807, 2.05) is 18.2 Å². The van der Waals surface area contributed by atoms with Gasteiger partial charge >= 0.3 is 5.97 Å². The van der Waals surface area contributed by atoms with Crippen LogP contribution in [0.5, 0.6) is 0 Å². The van der Waals surface area contributed by atoms with Crippen LogP contribution in [0.3, 0.4) is 0 Å². The first-order valence-electron chi connectivity index (χ1n) is 7.74. The average Bonchev–Trinajstić information content (AvgIpc) is 3.03. The molecule has 1 aromatic carbocycles. The summed E-state index contributed by atoms with van der Waals surface area (Å²) < 4.78 is 11.9. The first kappa shape index (κ1) is 16.3. The zero-order valence-electron chi connectivity index (χ0n) is 13.4. The van der Waals surface area contributed by atoms with E-state index >= 15 is 0 Å². The second-order valence-electron chi connectivity index (χ2n) is 5.60. The van der Waals surface area contributed by atoms with Gasteiger partial charge < -0.3 is 9.15 Å². The molecule has 3 heterocycles. The average molecular weight is 370 g/mol. The highest BCUT2D eigenvalue weighted by Crippen LogP contribution is 2.23. The van der Waals surface area contributed by atoms with Crippen LogP contribution in [0.15, 0.2) is 58.1 Å². The molecule has 0 unspecified atom stereocenters. The van der Waals surface area contributed by atoms with Crippen molar-refractivity contribution in [2.45, 2.75) is 13.2 Å². The number of hydrogen-bond donors (Lipinski definition) is 0. The third kappa shape index (κ3) is 3.04. The van der Waals surface area contributed by atoms with Crippen molar-refractivity contribution >= 4 is 39.6 Å². The van der Waals surface area contributed by atoms with Crippen molar-refractivity contribution in [2.24, 2.45) is 0 Å². The van der Waals surface area contributed by atoms with Crippen LogP contribution in [0.2, 0.25) is 5.15 Å². The minimum Gasteiger partial charge on any atom is -0.459 e. The predicted octanol–water partition coefficient (Wildman–Crippen LogP) is 2.93. The summed E-state index contributed by atoms with van der Waals surface area (Å²) in [6, 6.07) is 10.5. The van der Waals surface area contributed by atoms with E-state index in [1.54, 1.807) is 18.2 Å². The first-order valence-corrected chi connectivity index (χ1v) is 8.12. The van der Waals surface area contributed by atoms with E-state index < -0.39 is 11.5 Å². The summed E-state index contributed by atoms with van der Waals surface area (Å²) in [4.78, 5) is 32.7. The number of benzene rings is 1. The van der Waals surface area contributed by atoms with Gasteiger partial charge in [0.2, 0.25) is 5.58 Å². The Morgan fingerprint density at radius 3 is 2.85 bits per heavy atom. The van der Waals surface area contributed by atoms with Crippen molar-refractivity contribution in [3.05, 3.63) is 70.0 Å². The minimum absolute atomic E-state index is 0.0397. The Kier molecular flexibility index (Phi) is 4.14. The zero-order chi connectivity index (χ0) is 18.1. The lowest BCUT2D eigenvalue weighted by atomic mass is 10.2. The van der Waals surface area contributed by atoms with E-state index in [0.29, 0.717) is 21.8 Å². The second-order valence-corrected chi connectivity index (χ2v) is 5.99. The van der Waals surface area contributed by atoms with Crippen LogP contribution in [-0.4, -0.2) is 20.5 Å². The molecule has 4 rings (SSSR count). The van der Waals surface area contributed by atoms with Crippen molar-refractivity contribution in [1.82, 2.24) is 14.5 Å². The molecule has 4 aromatic rings. The highest BCUT2D eigenvalue weighted by atomic mass is 35.5. The second kappa shape index (κ2) is 6.61. The van der Waals surface area contributed by atoms with Gasteiger partial charge in [0, 0.05) is 17.1 Å². The maximum atomic E-state index is 12.5. The molecular weight excluding hydrogens is 358 g/mol. The highest BCUT2D eigenvalue weighted by molar-refractivity contribution is 6.29. The zero-order valence-corrected chi connectivity index (χ0v) is 14.1. The van der Waals surface area contributed by atoms with Crippen molar-refractivity contribution < 1.29 is 13.9 Å². The molecule has 26 heavy (non-hydrogen) atoms. The molecule has 0 fully saturated rings. The molecule has 3 aromatic heterocycles. The predicted molar refractivity (Wildman–Crippen MR) is 94.8 cm³/mol. The van der Waals surface area contributed by atoms with E-state index in [4.69, 9.17) is 20.8 Å². The molecule has 130 valence electrons. The van der Waals surface area contributed by atoms with E-state index in [2.05, 4.69) is 9.97 Å². The van der Waals surface area contributed by atoms with Crippen LogP contribution in [0.25, 0.3) is 22.1 Å². The van der Waals surface area contributed by atoms with Gasteiger partial charge in [-0.15, -0.1) is 0 Å². The van der Waals surface area contributed by atoms with Crippen molar-refractivity contribution in [2.75, 3.05) is 0 Å². The summed E-state index contributed by atoms with van der Waals surface area (Å²) in [6.07, 6.45) is 2.83. The maximum absolute atomic E-state index is 12.5. The molecule has 0 radical (unpaired) electrons. The van der Waals surface area contributed by atoms with E-state index in [9.17, 15) is 9.59 Å². The van der Waals surface area contributed by atoms with Crippen LogP contribution in [0.4, 0.5) is 0 Å². The normalized spacial score (nSPS) is 11.1. The molecular formula is C18H12ClN3O4. The third-order valence-electron chi connectivity index (χ3n) is 3.84. The largest absolute Gasteiger partial charge is 0.459 e. The SMILES string of the molecule is O=C(Cn1cnc2c(oc3ccccc32)c1=O)OCc1ccc(Cl)nc1. The standard InChI is InChI=1S/C18H12ClN3O4/c19-14-6-5-11(7-20-14)9-25-15(23)8-22-10-21-16-12-3-1-2-4-13(12)26-17(16)18(22)24/h1-7,10H,8-9H2. The summed E-state index contributed by atoms with van der Waals surface area (Å²) in [5.41, 5.74) is 1.42. The summed E-state index contributed by atoms with van der Waals surface area (Å²) in [6.45, 7) is -0.224. The smallest absolute Gasteiger partial charge is 0.326 e. The van der Waals surface area contributed by atoms with Crippen molar-refractivity contribution in [1.29, 1.82) is 0 Å². The number of carbonyl (C=O) groups excluding carboxylic acids is 1. The number of halogens is 1. The molecule has 0 saturated heterocycles. The lowest BCUT2D eigenvalue weighted by Gasteiger charge is -2.06. The van der Waals surface area contributed by atoms with Crippen molar-refractivity contribution in [3.63, 3.8) is 0 Å². The lowest BCUT2D eigenvalue weighted by Crippen LogP contribution is -2.25. The van der Waals surface area contributed by atoms with Gasteiger partial charge in [-0.05, 0) is 18.2 Å². The van der Waals surface area contributed by atoms with Crippen LogP contribution in [0.1, 0.15) is 5.56 Å². The fourth-order valence-corrected chi connectivity index (χ4v) is 2.68. The van der Waals surface area contributed by atoms with E-state index in [1.165, 1.54) is 12.5 Å². The number of hydrogen-bond acceptors (Lipinski definition) is 6. The van der Waals surface area contributed by atoms with Gasteiger partial charge in [-0.25, -0.2) is 9.97 Å². The monoisotopic (exact) mass is 369 g/mol. The fraction of sp³-hybridized carbons (Fsp3) is 0.111. The Hall–Kier alpha value is -3.19. The summed E-state index contributed by atoms with van der Waals surface area (Å²) in [5, 5.41) is 1.11. The molecule has 0 atom stereocenters. The molecule has 0 saturated carbocycles. The fourth-order valence-electron chi connectivity index (χ4n) is 2.57. The van der Waals surface area contributed by atoms with Gasteiger partial charge in [0.25, 0.3) is 5.56 Å². The Morgan fingerprint density at radius 2 is 2.04 bits per heavy atom. The number of furan rings is 1. The molecule has 0 aliphatic carbocycles. The highest BCUT2D eigenvalue weighted by Gasteiger charge is 2.15. The molecule has 8 heteroatoms. The van der Waals surface area contributed by atoms with Gasteiger partial charge in [-0.3, -0.25) is 14.2 Å². The summed E-state index contributed by atoms with van der Waals surface area (Å²) in [7, 11) is 0. The Morgan fingerprint density at radius 1 is 1.19 bits per heavy atom. The number of fused-ring (bicyclic) bond motifs is 3. The van der Waals surface area contributed by atoms with E-state index in [0.717, 1.165) is 9.95 Å². The van der Waals surface area contributed by atoms with Crippen LogP contribution in [-0.2, 0) is 22.7 Å². The van der Waals surface area contributed by atoms with Gasteiger partial charge in [0.05, 0.1) is 6.33 Å². The number of pyridine rings is 1. The van der Waals surface area contributed by atoms with Crippen molar-refractivity contribution in [3.8, 4) is 0 Å². The quantitative estimate of drug-likeness (QED) is 0.406. The summed E-state index contributed by atoms with van der Waals surface area (Å²) >= 11 is 5.70. The number of aromatic nitrogens is 3. The van der Waals surface area contributed by atoms with Crippen LogP contribution >= 0.6 is 11.6 Å². The first-order chi connectivity index (χ1) is 12.6.